The first-order valence-electron chi connectivity index (χ1n) is 9.35. The molecule has 2 aromatic carbocycles. The predicted octanol–water partition coefficient (Wildman–Crippen LogP) is 6.04. The Morgan fingerprint density at radius 1 is 1.07 bits per heavy atom. The Labute approximate surface area is 171 Å². The van der Waals surface area contributed by atoms with Crippen molar-refractivity contribution in [2.75, 3.05) is 11.9 Å². The molecule has 5 nitrogen and oxygen atoms in total. The number of fused-ring (bicyclic) bond motifs is 3. The maximum absolute atomic E-state index is 12.6. The highest BCUT2D eigenvalue weighted by atomic mass is 32.1. The van der Waals surface area contributed by atoms with E-state index in [-0.39, 0.29) is 5.91 Å². The van der Waals surface area contributed by atoms with E-state index in [4.69, 9.17) is 4.74 Å². The maximum atomic E-state index is 12.6. The van der Waals surface area contributed by atoms with Crippen LogP contribution in [0.1, 0.15) is 41.6 Å². The van der Waals surface area contributed by atoms with Crippen LogP contribution in [-0.2, 0) is 0 Å². The highest BCUT2D eigenvalue weighted by Gasteiger charge is 2.13. The van der Waals surface area contributed by atoms with Crippen LogP contribution in [0.5, 0.6) is 5.75 Å². The molecule has 1 N–H and O–H groups in total. The first kappa shape index (κ1) is 18.8. The van der Waals surface area contributed by atoms with Crippen molar-refractivity contribution in [3.8, 4) is 5.75 Å². The molecule has 0 fully saturated rings. The lowest BCUT2D eigenvalue weighted by Crippen LogP contribution is -2.11. The van der Waals surface area contributed by atoms with Crippen molar-refractivity contribution in [1.29, 1.82) is 0 Å². The van der Waals surface area contributed by atoms with Crippen LogP contribution in [0.25, 0.3) is 20.4 Å². The number of aryl methyl sites for hydroxylation is 1. The minimum atomic E-state index is -0.178. The summed E-state index contributed by atoms with van der Waals surface area (Å²) in [6, 6.07) is 11.2. The highest BCUT2D eigenvalue weighted by Crippen LogP contribution is 2.34. The number of unbranched alkanes of at least 4 members (excludes halogenated alkanes) is 2. The van der Waals surface area contributed by atoms with Gasteiger partial charge in [-0.2, -0.15) is 0 Å². The molecule has 4 rings (SSSR count). The van der Waals surface area contributed by atoms with Crippen molar-refractivity contribution < 1.29 is 9.53 Å². The van der Waals surface area contributed by atoms with Crippen LogP contribution in [0.15, 0.2) is 36.4 Å². The third-order valence-corrected chi connectivity index (χ3v) is 6.30. The third kappa shape index (κ3) is 4.00. The van der Waals surface area contributed by atoms with Crippen molar-refractivity contribution >= 4 is 54.1 Å². The number of nitrogens with zero attached hydrogens (tertiary/aromatic N) is 2. The number of aromatic nitrogens is 2. The number of thiazole rings is 2. The van der Waals surface area contributed by atoms with Gasteiger partial charge in [0.15, 0.2) is 5.13 Å². The minimum absolute atomic E-state index is 0.178. The lowest BCUT2D eigenvalue weighted by atomic mass is 10.2. The fraction of sp³-hybridized carbons (Fsp3) is 0.286. The highest BCUT2D eigenvalue weighted by molar-refractivity contribution is 7.24. The van der Waals surface area contributed by atoms with Gasteiger partial charge in [-0.3, -0.25) is 10.1 Å². The SMILES string of the molecule is CCCCCOc1ccc(C(=O)Nc2nc3ccc4sc(C)nc4c3s2)cc1. The largest absolute Gasteiger partial charge is 0.494 e. The van der Waals surface area contributed by atoms with Crippen LogP contribution in [0.2, 0.25) is 0 Å². The summed E-state index contributed by atoms with van der Waals surface area (Å²) in [4.78, 5) is 21.7. The summed E-state index contributed by atoms with van der Waals surface area (Å²) in [6.45, 7) is 4.87. The molecule has 0 radical (unpaired) electrons. The second-order valence-electron chi connectivity index (χ2n) is 6.55. The summed E-state index contributed by atoms with van der Waals surface area (Å²) in [6.07, 6.45) is 3.37. The van der Waals surface area contributed by atoms with Gasteiger partial charge in [0, 0.05) is 5.56 Å². The topological polar surface area (TPSA) is 64.1 Å². The molecule has 0 aliphatic carbocycles. The van der Waals surface area contributed by atoms with Crippen molar-refractivity contribution in [2.45, 2.75) is 33.1 Å². The van der Waals surface area contributed by atoms with Crippen LogP contribution in [0.4, 0.5) is 5.13 Å². The van der Waals surface area contributed by atoms with Gasteiger partial charge >= 0.3 is 0 Å². The molecule has 2 aromatic heterocycles. The fourth-order valence-corrected chi connectivity index (χ4v) is 4.81. The van der Waals surface area contributed by atoms with Gasteiger partial charge in [0.1, 0.15) is 11.3 Å². The Morgan fingerprint density at radius 3 is 2.68 bits per heavy atom. The molecule has 0 spiro atoms. The molecule has 0 unspecified atom stereocenters. The molecule has 2 heterocycles. The summed E-state index contributed by atoms with van der Waals surface area (Å²) in [7, 11) is 0. The number of amides is 1. The minimum Gasteiger partial charge on any atom is -0.494 e. The van der Waals surface area contributed by atoms with Crippen molar-refractivity contribution in [3.63, 3.8) is 0 Å². The average molecular weight is 412 g/mol. The van der Waals surface area contributed by atoms with E-state index in [1.165, 1.54) is 17.8 Å². The summed E-state index contributed by atoms with van der Waals surface area (Å²) < 4.78 is 7.84. The molecule has 0 aliphatic heterocycles. The van der Waals surface area contributed by atoms with Crippen LogP contribution in [0, 0.1) is 6.92 Å². The number of benzene rings is 2. The quantitative estimate of drug-likeness (QED) is 0.377. The molecular formula is C21H21N3O2S2. The number of carbonyl (C=O) groups excluding carboxylic acids is 1. The Balaban J connectivity index is 1.46. The summed E-state index contributed by atoms with van der Waals surface area (Å²) in [5.41, 5.74) is 2.39. The Kier molecular flexibility index (Phi) is 5.54. The molecule has 0 saturated carbocycles. The summed E-state index contributed by atoms with van der Waals surface area (Å²) >= 11 is 3.12. The molecule has 0 saturated heterocycles. The van der Waals surface area contributed by atoms with Gasteiger partial charge in [0.2, 0.25) is 0 Å². The fourth-order valence-electron chi connectivity index (χ4n) is 2.96. The second-order valence-corrected chi connectivity index (χ2v) is 8.78. The second kappa shape index (κ2) is 8.24. The molecule has 28 heavy (non-hydrogen) atoms. The predicted molar refractivity (Wildman–Crippen MR) is 117 cm³/mol. The molecule has 0 atom stereocenters. The molecule has 7 heteroatoms. The van der Waals surface area contributed by atoms with Gasteiger partial charge in [0.05, 0.1) is 26.5 Å². The smallest absolute Gasteiger partial charge is 0.257 e. The molecular weight excluding hydrogens is 390 g/mol. The first-order valence-corrected chi connectivity index (χ1v) is 11.0. The van der Waals surface area contributed by atoms with Crippen molar-refractivity contribution in [3.05, 3.63) is 47.0 Å². The Hall–Kier alpha value is -2.51. The molecule has 1 amide bonds. The van der Waals surface area contributed by atoms with Gasteiger partial charge in [-0.05, 0) is 49.7 Å². The average Bonchev–Trinajstić information content (AvgIpc) is 3.27. The van der Waals surface area contributed by atoms with Gasteiger partial charge in [-0.1, -0.05) is 31.1 Å². The van der Waals surface area contributed by atoms with E-state index in [0.717, 1.165) is 44.0 Å². The zero-order chi connectivity index (χ0) is 19.5. The molecule has 144 valence electrons. The Morgan fingerprint density at radius 2 is 1.89 bits per heavy atom. The van der Waals surface area contributed by atoms with Crippen molar-refractivity contribution in [1.82, 2.24) is 9.97 Å². The third-order valence-electron chi connectivity index (χ3n) is 4.37. The number of anilines is 1. The van der Waals surface area contributed by atoms with Crippen LogP contribution >= 0.6 is 22.7 Å². The normalized spacial score (nSPS) is 11.2. The number of rotatable bonds is 7. The van der Waals surface area contributed by atoms with Gasteiger partial charge in [-0.15, -0.1) is 11.3 Å². The van der Waals surface area contributed by atoms with Gasteiger partial charge in [0.25, 0.3) is 5.91 Å². The number of hydrogen-bond donors (Lipinski definition) is 1. The number of ether oxygens (including phenoxy) is 1. The van der Waals surface area contributed by atoms with E-state index in [9.17, 15) is 4.79 Å². The number of carbonyl (C=O) groups is 1. The van der Waals surface area contributed by atoms with Crippen molar-refractivity contribution in [2.24, 2.45) is 0 Å². The number of nitrogens with one attached hydrogen (secondary N) is 1. The zero-order valence-electron chi connectivity index (χ0n) is 15.8. The van der Waals surface area contributed by atoms with E-state index in [1.807, 2.05) is 31.2 Å². The number of hydrogen-bond acceptors (Lipinski definition) is 6. The molecule has 4 aromatic rings. The Bertz CT molecular complexity index is 1120. The van der Waals surface area contributed by atoms with E-state index in [0.29, 0.717) is 17.3 Å². The lowest BCUT2D eigenvalue weighted by Gasteiger charge is -2.06. The first-order chi connectivity index (χ1) is 13.6. The van der Waals surface area contributed by atoms with E-state index >= 15 is 0 Å². The van der Waals surface area contributed by atoms with Crippen LogP contribution in [0.3, 0.4) is 0 Å². The van der Waals surface area contributed by atoms with Gasteiger partial charge < -0.3 is 4.74 Å². The van der Waals surface area contributed by atoms with E-state index in [1.54, 1.807) is 23.5 Å². The van der Waals surface area contributed by atoms with Crippen LogP contribution in [-0.4, -0.2) is 22.5 Å². The summed E-state index contributed by atoms with van der Waals surface area (Å²) in [5, 5.41) is 4.51. The molecule has 0 aliphatic rings. The molecule has 0 bridgehead atoms. The van der Waals surface area contributed by atoms with Crippen LogP contribution < -0.4 is 10.1 Å². The van der Waals surface area contributed by atoms with E-state index < -0.39 is 0 Å². The zero-order valence-corrected chi connectivity index (χ0v) is 17.5. The standard InChI is InChI=1S/C21H21N3O2S2/c1-3-4-5-12-26-15-8-6-14(7-9-15)20(25)24-21-23-16-10-11-17-18(19(16)28-21)22-13(2)27-17/h6-11H,3-5,12H2,1-2H3,(H,23,24,25). The van der Waals surface area contributed by atoms with E-state index in [2.05, 4.69) is 22.2 Å². The summed E-state index contributed by atoms with van der Waals surface area (Å²) in [5.74, 6) is 0.608. The maximum Gasteiger partial charge on any atom is 0.257 e. The lowest BCUT2D eigenvalue weighted by molar-refractivity contribution is 0.102. The van der Waals surface area contributed by atoms with Gasteiger partial charge in [-0.25, -0.2) is 9.97 Å². The monoisotopic (exact) mass is 411 g/mol.